The fraction of sp³-hybridized carbons (Fsp3) is 0.722. The Balaban J connectivity index is 1.79. The van der Waals surface area contributed by atoms with Crippen molar-refractivity contribution in [3.8, 4) is 0 Å². The van der Waals surface area contributed by atoms with Gasteiger partial charge in [0.2, 0.25) is 11.8 Å². The second-order valence-electron chi connectivity index (χ2n) is 7.36. The Hall–Kier alpha value is -1.85. The zero-order chi connectivity index (χ0) is 17.3. The van der Waals surface area contributed by atoms with Crippen LogP contribution in [0, 0.1) is 11.8 Å². The molecule has 132 valence electrons. The van der Waals surface area contributed by atoms with Crippen molar-refractivity contribution in [2.75, 3.05) is 20.6 Å². The smallest absolute Gasteiger partial charge is 0.228 e. The molecule has 1 saturated heterocycles. The first kappa shape index (κ1) is 17.0. The van der Waals surface area contributed by atoms with Gasteiger partial charge in [-0.1, -0.05) is 12.8 Å². The van der Waals surface area contributed by atoms with Crippen molar-refractivity contribution in [2.45, 2.75) is 44.6 Å². The lowest BCUT2D eigenvalue weighted by Crippen LogP contribution is -2.48. The van der Waals surface area contributed by atoms with E-state index < -0.39 is 0 Å². The third kappa shape index (κ3) is 3.19. The standard InChI is InChI=1S/C18H28N4O2/c1-20-11-10-19-17(20)16-14(8-9-15(23)22(16)3)18(24)21(2)12-13-6-4-5-7-13/h10-11,13-14,16H,4-9,12H2,1-3H3/t14-,16-/m0/s1. The number of likely N-dealkylation sites (tertiary alicyclic amines) is 1. The van der Waals surface area contributed by atoms with Crippen LogP contribution in [0.5, 0.6) is 0 Å². The van der Waals surface area contributed by atoms with Crippen LogP contribution in [-0.4, -0.2) is 51.8 Å². The molecule has 0 unspecified atom stereocenters. The topological polar surface area (TPSA) is 58.4 Å². The second kappa shape index (κ2) is 6.95. The SMILES string of the molecule is CN(CC1CCCC1)C(=O)[C@H]1CCC(=O)N(C)[C@@H]1c1nccn1C. The van der Waals surface area contributed by atoms with Gasteiger partial charge in [0.05, 0.1) is 5.92 Å². The molecule has 3 rings (SSSR count). The van der Waals surface area contributed by atoms with Gasteiger partial charge < -0.3 is 14.4 Å². The number of amides is 2. The molecule has 2 atom stereocenters. The van der Waals surface area contributed by atoms with E-state index in [4.69, 9.17) is 0 Å². The van der Waals surface area contributed by atoms with Crippen molar-refractivity contribution < 1.29 is 9.59 Å². The van der Waals surface area contributed by atoms with Gasteiger partial charge in [0.25, 0.3) is 0 Å². The van der Waals surface area contributed by atoms with Gasteiger partial charge in [-0.3, -0.25) is 9.59 Å². The summed E-state index contributed by atoms with van der Waals surface area (Å²) in [5, 5.41) is 0. The van der Waals surface area contributed by atoms with Crippen LogP contribution < -0.4 is 0 Å². The summed E-state index contributed by atoms with van der Waals surface area (Å²) in [4.78, 5) is 33.3. The summed E-state index contributed by atoms with van der Waals surface area (Å²) in [6, 6.07) is -0.273. The van der Waals surface area contributed by atoms with E-state index in [-0.39, 0.29) is 23.8 Å². The third-order valence-electron chi connectivity index (χ3n) is 5.68. The van der Waals surface area contributed by atoms with Gasteiger partial charge in [-0.05, 0) is 25.2 Å². The summed E-state index contributed by atoms with van der Waals surface area (Å²) in [6.45, 7) is 0.834. The number of carbonyl (C=O) groups is 2. The highest BCUT2D eigenvalue weighted by atomic mass is 16.2. The lowest BCUT2D eigenvalue weighted by atomic mass is 9.87. The summed E-state index contributed by atoms with van der Waals surface area (Å²) in [5.41, 5.74) is 0. The number of imidazole rings is 1. The van der Waals surface area contributed by atoms with Crippen LogP contribution in [0.3, 0.4) is 0 Å². The first-order valence-corrected chi connectivity index (χ1v) is 8.97. The molecule has 1 aliphatic carbocycles. The third-order valence-corrected chi connectivity index (χ3v) is 5.68. The van der Waals surface area contributed by atoms with Crippen molar-refractivity contribution in [3.05, 3.63) is 18.2 Å². The van der Waals surface area contributed by atoms with Crippen LogP contribution in [0.25, 0.3) is 0 Å². The molecule has 0 aromatic carbocycles. The molecule has 2 fully saturated rings. The molecular formula is C18H28N4O2. The highest BCUT2D eigenvalue weighted by Crippen LogP contribution is 2.36. The number of piperidine rings is 1. The Morgan fingerprint density at radius 2 is 2.00 bits per heavy atom. The molecule has 6 heteroatoms. The van der Waals surface area contributed by atoms with Gasteiger partial charge in [-0.25, -0.2) is 4.98 Å². The average Bonchev–Trinajstić information content (AvgIpc) is 3.21. The number of hydrogen-bond donors (Lipinski definition) is 0. The number of hydrogen-bond acceptors (Lipinski definition) is 3. The van der Waals surface area contributed by atoms with Crippen molar-refractivity contribution in [3.63, 3.8) is 0 Å². The minimum atomic E-state index is -0.273. The normalized spacial score (nSPS) is 25.3. The largest absolute Gasteiger partial charge is 0.345 e. The van der Waals surface area contributed by atoms with Crippen LogP contribution in [-0.2, 0) is 16.6 Å². The van der Waals surface area contributed by atoms with Crippen LogP contribution in [0.4, 0.5) is 0 Å². The average molecular weight is 332 g/mol. The number of carbonyl (C=O) groups excluding carboxylic acids is 2. The molecule has 1 aromatic heterocycles. The Bertz CT molecular complexity index is 606. The predicted octanol–water partition coefficient (Wildman–Crippen LogP) is 1.98. The Kier molecular flexibility index (Phi) is 4.92. The van der Waals surface area contributed by atoms with E-state index in [1.54, 1.807) is 18.1 Å². The van der Waals surface area contributed by atoms with E-state index >= 15 is 0 Å². The van der Waals surface area contributed by atoms with Crippen molar-refractivity contribution in [1.29, 1.82) is 0 Å². The quantitative estimate of drug-likeness (QED) is 0.847. The van der Waals surface area contributed by atoms with E-state index in [1.807, 2.05) is 29.8 Å². The molecule has 0 N–H and O–H groups in total. The summed E-state index contributed by atoms with van der Waals surface area (Å²) >= 11 is 0. The Labute approximate surface area is 143 Å². The lowest BCUT2D eigenvalue weighted by Gasteiger charge is -2.39. The maximum absolute atomic E-state index is 13.1. The monoisotopic (exact) mass is 332 g/mol. The molecule has 2 aliphatic rings. The minimum absolute atomic E-state index is 0.0884. The van der Waals surface area contributed by atoms with E-state index in [2.05, 4.69) is 4.98 Å². The molecule has 2 heterocycles. The summed E-state index contributed by atoms with van der Waals surface area (Å²) in [5.74, 6) is 1.45. The van der Waals surface area contributed by atoms with Crippen LogP contribution in [0.1, 0.15) is 50.4 Å². The van der Waals surface area contributed by atoms with Gasteiger partial charge in [-0.15, -0.1) is 0 Å². The Morgan fingerprint density at radius 3 is 2.62 bits per heavy atom. The number of rotatable bonds is 4. The summed E-state index contributed by atoms with van der Waals surface area (Å²) in [6.07, 6.45) is 9.65. The van der Waals surface area contributed by atoms with Gasteiger partial charge >= 0.3 is 0 Å². The molecule has 2 amide bonds. The van der Waals surface area contributed by atoms with E-state index in [9.17, 15) is 9.59 Å². The number of aryl methyl sites for hydroxylation is 1. The van der Waals surface area contributed by atoms with Gasteiger partial charge in [0.1, 0.15) is 11.9 Å². The van der Waals surface area contributed by atoms with Gasteiger partial charge in [-0.2, -0.15) is 0 Å². The highest BCUT2D eigenvalue weighted by molar-refractivity contribution is 5.84. The fourth-order valence-electron chi connectivity index (χ4n) is 4.27. The van der Waals surface area contributed by atoms with Crippen LogP contribution >= 0.6 is 0 Å². The molecule has 6 nitrogen and oxygen atoms in total. The van der Waals surface area contributed by atoms with Crippen LogP contribution in [0.2, 0.25) is 0 Å². The number of aromatic nitrogens is 2. The van der Waals surface area contributed by atoms with Crippen molar-refractivity contribution in [1.82, 2.24) is 19.4 Å². The zero-order valence-corrected chi connectivity index (χ0v) is 14.9. The Morgan fingerprint density at radius 1 is 1.29 bits per heavy atom. The fourth-order valence-corrected chi connectivity index (χ4v) is 4.27. The lowest BCUT2D eigenvalue weighted by molar-refractivity contribution is -0.146. The molecular weight excluding hydrogens is 304 g/mol. The molecule has 0 radical (unpaired) electrons. The minimum Gasteiger partial charge on any atom is -0.345 e. The first-order chi connectivity index (χ1) is 11.5. The maximum atomic E-state index is 13.1. The van der Waals surface area contributed by atoms with E-state index in [1.165, 1.54) is 25.7 Å². The maximum Gasteiger partial charge on any atom is 0.228 e. The van der Waals surface area contributed by atoms with Crippen molar-refractivity contribution in [2.24, 2.45) is 18.9 Å². The zero-order valence-electron chi connectivity index (χ0n) is 14.9. The van der Waals surface area contributed by atoms with Gasteiger partial charge in [0, 0.05) is 46.5 Å². The van der Waals surface area contributed by atoms with Crippen molar-refractivity contribution >= 4 is 11.8 Å². The van der Waals surface area contributed by atoms with E-state index in [0.29, 0.717) is 18.8 Å². The predicted molar refractivity (Wildman–Crippen MR) is 91.0 cm³/mol. The molecule has 1 saturated carbocycles. The molecule has 1 aromatic rings. The number of nitrogens with zero attached hydrogens (tertiary/aromatic N) is 4. The second-order valence-corrected chi connectivity index (χ2v) is 7.36. The first-order valence-electron chi connectivity index (χ1n) is 8.97. The van der Waals surface area contributed by atoms with Crippen LogP contribution in [0.15, 0.2) is 12.4 Å². The molecule has 0 spiro atoms. The highest BCUT2D eigenvalue weighted by Gasteiger charge is 2.42. The molecule has 24 heavy (non-hydrogen) atoms. The van der Waals surface area contributed by atoms with Gasteiger partial charge in [0.15, 0.2) is 0 Å². The molecule has 0 bridgehead atoms. The molecule has 1 aliphatic heterocycles. The summed E-state index contributed by atoms with van der Waals surface area (Å²) in [7, 11) is 5.61. The van der Waals surface area contributed by atoms with E-state index in [0.717, 1.165) is 12.4 Å². The summed E-state index contributed by atoms with van der Waals surface area (Å²) < 4.78 is 1.91.